The minimum atomic E-state index is -0.709. The number of nitriles is 1. The number of hydrogen-bond acceptors (Lipinski definition) is 5. The van der Waals surface area contributed by atoms with Crippen molar-refractivity contribution in [1.82, 2.24) is 15.2 Å². The number of benzene rings is 1. The van der Waals surface area contributed by atoms with Crippen LogP contribution in [0.15, 0.2) is 24.3 Å². The maximum Gasteiger partial charge on any atom is 0.235 e. The van der Waals surface area contributed by atoms with Gasteiger partial charge in [0.05, 0.1) is 27.8 Å². The number of aromatic nitrogens is 1. The summed E-state index contributed by atoms with van der Waals surface area (Å²) in [4.78, 5) is 19.5. The zero-order chi connectivity index (χ0) is 18.1. The Hall–Kier alpha value is -1.97. The molecule has 2 aliphatic rings. The first-order valence-electron chi connectivity index (χ1n) is 9.37. The van der Waals surface area contributed by atoms with E-state index in [0.29, 0.717) is 18.4 Å². The molecule has 6 heteroatoms. The van der Waals surface area contributed by atoms with Crippen LogP contribution in [-0.2, 0) is 4.79 Å². The highest BCUT2D eigenvalue weighted by Gasteiger charge is 2.43. The number of piperidine rings is 1. The number of nitrogens with one attached hydrogen (secondary N) is 1. The number of nitrogens with zero attached hydrogens (tertiary/aromatic N) is 3. The van der Waals surface area contributed by atoms with Crippen molar-refractivity contribution in [2.24, 2.45) is 5.92 Å². The van der Waals surface area contributed by atoms with E-state index in [1.54, 1.807) is 11.3 Å². The Bertz CT molecular complexity index is 820. The molecule has 0 spiro atoms. The quantitative estimate of drug-likeness (QED) is 0.879. The van der Waals surface area contributed by atoms with Gasteiger partial charge in [-0.1, -0.05) is 12.1 Å². The molecule has 5 nitrogen and oxygen atoms in total. The van der Waals surface area contributed by atoms with Crippen LogP contribution >= 0.6 is 11.3 Å². The molecule has 1 saturated carbocycles. The van der Waals surface area contributed by atoms with Crippen LogP contribution in [0.3, 0.4) is 0 Å². The molecule has 1 aromatic heterocycles. The maximum absolute atomic E-state index is 12.5. The Morgan fingerprint density at radius 2 is 2.23 bits per heavy atom. The summed E-state index contributed by atoms with van der Waals surface area (Å²) in [7, 11) is 0. The van der Waals surface area contributed by atoms with E-state index in [2.05, 4.69) is 28.4 Å². The molecule has 1 aliphatic heterocycles. The van der Waals surface area contributed by atoms with Crippen LogP contribution in [0.25, 0.3) is 10.2 Å². The Labute approximate surface area is 158 Å². The molecule has 2 atom stereocenters. The zero-order valence-electron chi connectivity index (χ0n) is 15.1. The highest BCUT2D eigenvalue weighted by Crippen LogP contribution is 2.39. The second-order valence-electron chi connectivity index (χ2n) is 7.73. The lowest BCUT2D eigenvalue weighted by Gasteiger charge is -2.32. The molecule has 4 rings (SSSR count). The lowest BCUT2D eigenvalue weighted by atomic mass is 9.97. The summed E-state index contributed by atoms with van der Waals surface area (Å²) in [6.45, 7) is 4.01. The number of likely N-dealkylation sites (tertiary alicyclic amines) is 1. The summed E-state index contributed by atoms with van der Waals surface area (Å²) in [5, 5.41) is 13.6. The number of carbonyl (C=O) groups is 1. The van der Waals surface area contributed by atoms with E-state index in [1.807, 2.05) is 19.1 Å². The van der Waals surface area contributed by atoms with Gasteiger partial charge >= 0.3 is 0 Å². The lowest BCUT2D eigenvalue weighted by molar-refractivity contribution is -0.124. The number of hydrogen-bond donors (Lipinski definition) is 1. The van der Waals surface area contributed by atoms with Gasteiger partial charge < -0.3 is 5.32 Å². The van der Waals surface area contributed by atoms with Gasteiger partial charge in [-0.2, -0.15) is 5.26 Å². The van der Waals surface area contributed by atoms with Crippen LogP contribution in [0.4, 0.5) is 0 Å². The molecular formula is C20H24N4OS. The van der Waals surface area contributed by atoms with Crippen LogP contribution in [0, 0.1) is 17.2 Å². The smallest absolute Gasteiger partial charge is 0.235 e. The van der Waals surface area contributed by atoms with Crippen molar-refractivity contribution in [3.63, 3.8) is 0 Å². The largest absolute Gasteiger partial charge is 0.337 e. The van der Waals surface area contributed by atoms with Gasteiger partial charge in [0.1, 0.15) is 5.54 Å². The third kappa shape index (κ3) is 3.60. The number of amides is 1. The molecule has 1 aromatic carbocycles. The standard InChI is InChI=1S/C20H24N4OS/c1-20(13-21,15-8-9-15)23-18(25)12-24-10-4-5-14(11-24)19-22-16-6-2-3-7-17(16)26-19/h2-3,6-7,14-15H,4-5,8-12H2,1H3,(H,23,25)/t14-,20-/m0/s1. The molecule has 26 heavy (non-hydrogen) atoms. The van der Waals surface area contributed by atoms with Crippen molar-refractivity contribution < 1.29 is 4.79 Å². The summed E-state index contributed by atoms with van der Waals surface area (Å²) in [5.74, 6) is 0.666. The van der Waals surface area contributed by atoms with Crippen LogP contribution < -0.4 is 5.32 Å². The highest BCUT2D eigenvalue weighted by molar-refractivity contribution is 7.18. The number of para-hydroxylation sites is 1. The van der Waals surface area contributed by atoms with E-state index in [9.17, 15) is 10.1 Å². The lowest BCUT2D eigenvalue weighted by Crippen LogP contribution is -2.51. The van der Waals surface area contributed by atoms with Gasteiger partial charge in [-0.3, -0.25) is 9.69 Å². The fraction of sp³-hybridized carbons (Fsp3) is 0.550. The molecule has 2 heterocycles. The third-order valence-corrected chi connectivity index (χ3v) is 6.76. The second kappa shape index (κ2) is 6.98. The molecule has 0 bridgehead atoms. The van der Waals surface area contributed by atoms with Gasteiger partial charge in [0.2, 0.25) is 5.91 Å². The SMILES string of the molecule is C[C@@](C#N)(NC(=O)CN1CCC[C@H](c2nc3ccccc3s2)C1)C1CC1. The first kappa shape index (κ1) is 17.4. The molecule has 0 unspecified atom stereocenters. The van der Waals surface area contributed by atoms with Crippen LogP contribution in [0.1, 0.15) is 43.5 Å². The van der Waals surface area contributed by atoms with Crippen molar-refractivity contribution in [2.75, 3.05) is 19.6 Å². The van der Waals surface area contributed by atoms with Crippen molar-refractivity contribution >= 4 is 27.5 Å². The predicted molar refractivity (Wildman–Crippen MR) is 103 cm³/mol. The molecule has 2 aromatic rings. The molecule has 136 valence electrons. The minimum Gasteiger partial charge on any atom is -0.337 e. The Morgan fingerprint density at radius 1 is 1.42 bits per heavy atom. The van der Waals surface area contributed by atoms with E-state index in [1.165, 1.54) is 9.71 Å². The number of carbonyl (C=O) groups excluding carboxylic acids is 1. The fourth-order valence-corrected chi connectivity index (χ4v) is 4.97. The first-order valence-corrected chi connectivity index (χ1v) is 10.2. The van der Waals surface area contributed by atoms with Crippen LogP contribution in [0.2, 0.25) is 0 Å². The molecule has 1 aliphatic carbocycles. The van der Waals surface area contributed by atoms with Gasteiger partial charge in [-0.25, -0.2) is 4.98 Å². The molecule has 1 amide bonds. The predicted octanol–water partition coefficient (Wildman–Crippen LogP) is 3.28. The van der Waals surface area contributed by atoms with E-state index in [0.717, 1.165) is 44.3 Å². The number of thiazole rings is 1. The number of rotatable bonds is 5. The molecule has 1 saturated heterocycles. The van der Waals surface area contributed by atoms with Gasteiger partial charge in [0, 0.05) is 12.5 Å². The van der Waals surface area contributed by atoms with Crippen LogP contribution in [0.5, 0.6) is 0 Å². The first-order chi connectivity index (χ1) is 12.6. The average molecular weight is 369 g/mol. The summed E-state index contributed by atoms with van der Waals surface area (Å²) in [6, 6.07) is 10.5. The molecular weight excluding hydrogens is 344 g/mol. The number of fused-ring (bicyclic) bond motifs is 1. The van der Waals surface area contributed by atoms with Crippen molar-refractivity contribution in [1.29, 1.82) is 5.26 Å². The average Bonchev–Trinajstić information content (AvgIpc) is 3.41. The Balaban J connectivity index is 1.39. The van der Waals surface area contributed by atoms with Crippen LogP contribution in [-0.4, -0.2) is 41.0 Å². The minimum absolute atomic E-state index is 0.0362. The normalized spacial score (nSPS) is 23.3. The monoisotopic (exact) mass is 368 g/mol. The molecule has 1 N–H and O–H groups in total. The van der Waals surface area contributed by atoms with Gasteiger partial charge in [-0.15, -0.1) is 11.3 Å². The fourth-order valence-electron chi connectivity index (χ4n) is 3.88. The zero-order valence-corrected chi connectivity index (χ0v) is 15.9. The second-order valence-corrected chi connectivity index (χ2v) is 8.79. The molecule has 0 radical (unpaired) electrons. The third-order valence-electron chi connectivity index (χ3n) is 5.56. The topological polar surface area (TPSA) is 69.0 Å². The Morgan fingerprint density at radius 3 is 2.96 bits per heavy atom. The van der Waals surface area contributed by atoms with E-state index in [-0.39, 0.29) is 5.91 Å². The maximum atomic E-state index is 12.5. The van der Waals surface area contributed by atoms with Crippen molar-refractivity contribution in [3.8, 4) is 6.07 Å². The van der Waals surface area contributed by atoms with E-state index < -0.39 is 5.54 Å². The Kier molecular flexibility index (Phi) is 4.68. The van der Waals surface area contributed by atoms with Crippen molar-refractivity contribution in [3.05, 3.63) is 29.3 Å². The summed E-state index contributed by atoms with van der Waals surface area (Å²) >= 11 is 1.77. The van der Waals surface area contributed by atoms with E-state index >= 15 is 0 Å². The van der Waals surface area contributed by atoms with E-state index in [4.69, 9.17) is 4.98 Å². The van der Waals surface area contributed by atoms with Crippen molar-refractivity contribution in [2.45, 2.75) is 44.1 Å². The van der Waals surface area contributed by atoms with Gasteiger partial charge in [0.15, 0.2) is 0 Å². The summed E-state index contributed by atoms with van der Waals surface area (Å²) < 4.78 is 1.23. The molecule has 2 fully saturated rings. The van der Waals surface area contributed by atoms with Gasteiger partial charge in [-0.05, 0) is 57.2 Å². The van der Waals surface area contributed by atoms with Gasteiger partial charge in [0.25, 0.3) is 0 Å². The highest BCUT2D eigenvalue weighted by atomic mass is 32.1. The summed E-state index contributed by atoms with van der Waals surface area (Å²) in [6.07, 6.45) is 4.27. The summed E-state index contributed by atoms with van der Waals surface area (Å²) in [5.41, 5.74) is 0.357.